The van der Waals surface area contributed by atoms with Gasteiger partial charge in [0, 0.05) is 32.6 Å². The lowest BCUT2D eigenvalue weighted by Gasteiger charge is -2.29. The van der Waals surface area contributed by atoms with Crippen molar-refractivity contribution in [1.82, 2.24) is 14.8 Å². The SMILES string of the molecule is Cc1cn(COCC[Si](C)(C)C)nc1-c1cccnc1CO[C@H]1CC[C@@H](c2cccc(F)c2)CC1. The smallest absolute Gasteiger partial charge is 0.139 e. The average molecular weight is 496 g/mol. The van der Waals surface area contributed by atoms with Crippen LogP contribution in [0.25, 0.3) is 11.3 Å². The highest BCUT2D eigenvalue weighted by atomic mass is 28.3. The summed E-state index contributed by atoms with van der Waals surface area (Å²) in [4.78, 5) is 4.62. The van der Waals surface area contributed by atoms with Gasteiger partial charge in [-0.3, -0.25) is 4.98 Å². The molecule has 3 aromatic rings. The standard InChI is InChI=1S/C28H38FN3O2Si/c1-21-18-32(20-33-15-16-35(2,3)4)31-28(21)26-9-6-14-30-27(26)19-34-25-12-10-22(11-13-25)23-7-5-8-24(29)17-23/h5-9,14,17-18,22,25H,10-13,15-16,19-20H2,1-4H3/t22-,25+. The van der Waals surface area contributed by atoms with Gasteiger partial charge in [0.2, 0.25) is 0 Å². The van der Waals surface area contributed by atoms with E-state index in [1.165, 1.54) is 6.07 Å². The van der Waals surface area contributed by atoms with Crippen molar-refractivity contribution < 1.29 is 13.9 Å². The van der Waals surface area contributed by atoms with Crippen LogP contribution in [0.4, 0.5) is 4.39 Å². The minimum absolute atomic E-state index is 0.153. The van der Waals surface area contributed by atoms with E-state index in [0.717, 1.165) is 66.4 Å². The van der Waals surface area contributed by atoms with Gasteiger partial charge in [-0.05, 0) is 80.0 Å². The minimum Gasteiger partial charge on any atom is -0.372 e. The van der Waals surface area contributed by atoms with Crippen molar-refractivity contribution in [3.8, 4) is 11.3 Å². The first-order chi connectivity index (χ1) is 16.8. The zero-order chi connectivity index (χ0) is 24.8. The number of aryl methyl sites for hydroxylation is 1. The number of benzene rings is 1. The third kappa shape index (κ3) is 7.32. The summed E-state index contributed by atoms with van der Waals surface area (Å²) in [6, 6.07) is 12.2. The zero-order valence-corrected chi connectivity index (χ0v) is 22.5. The molecule has 0 aliphatic heterocycles. The molecule has 0 spiro atoms. The van der Waals surface area contributed by atoms with Crippen LogP contribution in [0.15, 0.2) is 48.8 Å². The minimum atomic E-state index is -1.10. The maximum atomic E-state index is 13.6. The fraction of sp³-hybridized carbons (Fsp3) is 0.500. The molecule has 1 saturated carbocycles. The van der Waals surface area contributed by atoms with Crippen LogP contribution in [-0.2, 0) is 22.8 Å². The van der Waals surface area contributed by atoms with Gasteiger partial charge >= 0.3 is 0 Å². The third-order valence-electron chi connectivity index (χ3n) is 6.76. The second-order valence-corrected chi connectivity index (χ2v) is 16.5. The lowest BCUT2D eigenvalue weighted by Crippen LogP contribution is -2.22. The van der Waals surface area contributed by atoms with Crippen molar-refractivity contribution in [3.05, 3.63) is 71.4 Å². The lowest BCUT2D eigenvalue weighted by molar-refractivity contribution is 0.0120. The monoisotopic (exact) mass is 495 g/mol. The molecule has 0 atom stereocenters. The predicted octanol–water partition coefficient (Wildman–Crippen LogP) is 6.95. The maximum Gasteiger partial charge on any atom is 0.139 e. The number of hydrogen-bond acceptors (Lipinski definition) is 4. The summed E-state index contributed by atoms with van der Waals surface area (Å²) < 4.78 is 27.6. The van der Waals surface area contributed by atoms with Gasteiger partial charge in [-0.2, -0.15) is 5.10 Å². The quantitative estimate of drug-likeness (QED) is 0.226. The van der Waals surface area contributed by atoms with E-state index >= 15 is 0 Å². The molecule has 1 aromatic carbocycles. The molecule has 35 heavy (non-hydrogen) atoms. The van der Waals surface area contributed by atoms with Gasteiger partial charge in [0.15, 0.2) is 0 Å². The Morgan fingerprint density at radius 1 is 1.09 bits per heavy atom. The number of rotatable bonds is 10. The van der Waals surface area contributed by atoms with Gasteiger partial charge < -0.3 is 9.47 Å². The van der Waals surface area contributed by atoms with E-state index in [9.17, 15) is 4.39 Å². The number of hydrogen-bond donors (Lipinski definition) is 0. The number of nitrogens with zero attached hydrogens (tertiary/aromatic N) is 3. The molecule has 4 rings (SSSR count). The van der Waals surface area contributed by atoms with Crippen LogP contribution in [0, 0.1) is 12.7 Å². The average Bonchev–Trinajstić information content (AvgIpc) is 3.20. The van der Waals surface area contributed by atoms with Crippen LogP contribution in [0.5, 0.6) is 0 Å². The Morgan fingerprint density at radius 3 is 2.63 bits per heavy atom. The van der Waals surface area contributed by atoms with Crippen LogP contribution in [0.3, 0.4) is 0 Å². The van der Waals surface area contributed by atoms with E-state index in [4.69, 9.17) is 14.6 Å². The molecule has 188 valence electrons. The van der Waals surface area contributed by atoms with Gasteiger partial charge in [-0.15, -0.1) is 0 Å². The van der Waals surface area contributed by atoms with Crippen LogP contribution < -0.4 is 0 Å². The summed E-state index contributed by atoms with van der Waals surface area (Å²) in [5, 5.41) is 4.80. The normalized spacial score (nSPS) is 18.7. The summed E-state index contributed by atoms with van der Waals surface area (Å²) in [6.07, 6.45) is 8.05. The number of halogens is 1. The molecule has 5 nitrogen and oxygen atoms in total. The van der Waals surface area contributed by atoms with Crippen LogP contribution in [0.2, 0.25) is 25.7 Å². The molecule has 1 aliphatic carbocycles. The highest BCUT2D eigenvalue weighted by Gasteiger charge is 2.24. The molecule has 2 aromatic heterocycles. The van der Waals surface area contributed by atoms with Gasteiger partial charge in [0.05, 0.1) is 24.1 Å². The largest absolute Gasteiger partial charge is 0.372 e. The number of aromatic nitrogens is 3. The Bertz CT molecular complexity index is 1100. The van der Waals surface area contributed by atoms with Crippen LogP contribution >= 0.6 is 0 Å². The van der Waals surface area contributed by atoms with Gasteiger partial charge in [0.25, 0.3) is 0 Å². The molecule has 0 radical (unpaired) electrons. The fourth-order valence-corrected chi connectivity index (χ4v) is 5.44. The molecular weight excluding hydrogens is 457 g/mol. The van der Waals surface area contributed by atoms with Crippen molar-refractivity contribution in [2.24, 2.45) is 0 Å². The molecule has 7 heteroatoms. The predicted molar refractivity (Wildman–Crippen MR) is 140 cm³/mol. The van der Waals surface area contributed by atoms with Gasteiger partial charge in [-0.25, -0.2) is 9.07 Å². The van der Waals surface area contributed by atoms with Crippen molar-refractivity contribution >= 4 is 8.07 Å². The molecule has 0 saturated heterocycles. The van der Waals surface area contributed by atoms with Crippen LogP contribution in [0.1, 0.15) is 48.4 Å². The molecule has 0 N–H and O–H groups in total. The van der Waals surface area contributed by atoms with Crippen molar-refractivity contribution in [2.75, 3.05) is 6.61 Å². The molecule has 0 amide bonds. The number of ether oxygens (including phenoxy) is 2. The summed E-state index contributed by atoms with van der Waals surface area (Å²) in [5.41, 5.74) is 5.06. The van der Waals surface area contributed by atoms with E-state index in [2.05, 4.69) is 37.6 Å². The topological polar surface area (TPSA) is 49.2 Å². The Kier molecular flexibility index (Phi) is 8.52. The fourth-order valence-electron chi connectivity index (χ4n) is 4.68. The van der Waals surface area contributed by atoms with Crippen LogP contribution in [-0.4, -0.2) is 35.5 Å². The Balaban J connectivity index is 1.33. The summed E-state index contributed by atoms with van der Waals surface area (Å²) in [6.45, 7) is 10.8. The van der Waals surface area contributed by atoms with E-state index in [-0.39, 0.29) is 11.9 Å². The van der Waals surface area contributed by atoms with Crippen molar-refractivity contribution in [1.29, 1.82) is 0 Å². The third-order valence-corrected chi connectivity index (χ3v) is 8.46. The molecule has 1 fully saturated rings. The summed E-state index contributed by atoms with van der Waals surface area (Å²) in [7, 11) is -1.10. The second-order valence-electron chi connectivity index (χ2n) is 10.9. The second kappa shape index (κ2) is 11.6. The summed E-state index contributed by atoms with van der Waals surface area (Å²) in [5.74, 6) is 0.259. The Hall–Kier alpha value is -2.35. The maximum absolute atomic E-state index is 13.6. The van der Waals surface area contributed by atoms with E-state index in [0.29, 0.717) is 19.3 Å². The summed E-state index contributed by atoms with van der Waals surface area (Å²) >= 11 is 0. The highest BCUT2D eigenvalue weighted by Crippen LogP contribution is 2.35. The zero-order valence-electron chi connectivity index (χ0n) is 21.5. The highest BCUT2D eigenvalue weighted by molar-refractivity contribution is 6.76. The lowest BCUT2D eigenvalue weighted by atomic mass is 9.83. The first-order valence-electron chi connectivity index (χ1n) is 12.7. The van der Waals surface area contributed by atoms with Gasteiger partial charge in [-0.1, -0.05) is 31.8 Å². The Labute approximate surface area is 209 Å². The van der Waals surface area contributed by atoms with E-state index in [1.807, 2.05) is 29.2 Å². The van der Waals surface area contributed by atoms with E-state index in [1.54, 1.807) is 12.1 Å². The van der Waals surface area contributed by atoms with E-state index < -0.39 is 8.07 Å². The molecule has 0 bridgehead atoms. The molecule has 1 aliphatic rings. The first-order valence-corrected chi connectivity index (χ1v) is 16.4. The van der Waals surface area contributed by atoms with Crippen molar-refractivity contribution in [3.63, 3.8) is 0 Å². The van der Waals surface area contributed by atoms with Gasteiger partial charge in [0.1, 0.15) is 12.5 Å². The first kappa shape index (κ1) is 25.7. The van der Waals surface area contributed by atoms with Crippen molar-refractivity contribution in [2.45, 2.75) is 83.7 Å². The molecule has 0 unspecified atom stereocenters. The number of pyridine rings is 1. The molecular formula is C28H38FN3O2Si. The Morgan fingerprint density at radius 2 is 1.89 bits per heavy atom. The molecule has 2 heterocycles.